The van der Waals surface area contributed by atoms with E-state index in [1.54, 1.807) is 0 Å². The Morgan fingerprint density at radius 3 is 2.62 bits per heavy atom. The SMILES string of the molecule is CC(OC(=S)NN)c1ccccc1. The van der Waals surface area contributed by atoms with Crippen molar-refractivity contribution in [2.75, 3.05) is 0 Å². The number of hydrogen-bond acceptors (Lipinski definition) is 3. The topological polar surface area (TPSA) is 47.3 Å². The van der Waals surface area contributed by atoms with Gasteiger partial charge in [-0.05, 0) is 24.7 Å². The number of ether oxygens (including phenoxy) is 1. The molecule has 0 spiro atoms. The summed E-state index contributed by atoms with van der Waals surface area (Å²) in [5.74, 6) is 5.08. The van der Waals surface area contributed by atoms with Crippen LogP contribution in [0.25, 0.3) is 0 Å². The molecule has 0 aliphatic rings. The van der Waals surface area contributed by atoms with Gasteiger partial charge in [-0.1, -0.05) is 30.3 Å². The summed E-state index contributed by atoms with van der Waals surface area (Å²) in [7, 11) is 0. The van der Waals surface area contributed by atoms with E-state index in [1.165, 1.54) is 0 Å². The Morgan fingerprint density at radius 2 is 2.08 bits per heavy atom. The first-order valence-electron chi connectivity index (χ1n) is 3.96. The Morgan fingerprint density at radius 1 is 1.46 bits per heavy atom. The van der Waals surface area contributed by atoms with Crippen LogP contribution in [0.4, 0.5) is 0 Å². The van der Waals surface area contributed by atoms with E-state index in [0.717, 1.165) is 5.56 Å². The van der Waals surface area contributed by atoms with Crippen molar-refractivity contribution < 1.29 is 4.74 Å². The minimum Gasteiger partial charge on any atom is -0.462 e. The fraction of sp³-hybridized carbons (Fsp3) is 0.222. The molecule has 3 N–H and O–H groups in total. The molecule has 0 heterocycles. The van der Waals surface area contributed by atoms with Gasteiger partial charge in [-0.2, -0.15) is 0 Å². The third-order valence-corrected chi connectivity index (χ3v) is 1.88. The van der Waals surface area contributed by atoms with E-state index < -0.39 is 0 Å². The molecular weight excluding hydrogens is 184 g/mol. The quantitative estimate of drug-likeness (QED) is 0.427. The van der Waals surface area contributed by atoms with Gasteiger partial charge in [0, 0.05) is 0 Å². The minimum atomic E-state index is -0.0789. The molecule has 0 aromatic heterocycles. The maximum absolute atomic E-state index is 5.28. The average molecular weight is 196 g/mol. The molecule has 0 radical (unpaired) electrons. The molecule has 4 heteroatoms. The number of hydrogen-bond donors (Lipinski definition) is 2. The molecule has 0 saturated carbocycles. The molecule has 1 unspecified atom stereocenters. The van der Waals surface area contributed by atoms with Gasteiger partial charge in [-0.3, -0.25) is 5.43 Å². The summed E-state index contributed by atoms with van der Waals surface area (Å²) in [6.45, 7) is 1.92. The lowest BCUT2D eigenvalue weighted by Crippen LogP contribution is -2.31. The van der Waals surface area contributed by atoms with E-state index in [9.17, 15) is 0 Å². The highest BCUT2D eigenvalue weighted by Crippen LogP contribution is 2.15. The summed E-state index contributed by atoms with van der Waals surface area (Å²) < 4.78 is 5.28. The predicted octanol–water partition coefficient (Wildman–Crippen LogP) is 1.51. The number of nitrogens with two attached hydrogens (primary N) is 1. The second kappa shape index (κ2) is 4.79. The molecule has 1 atom stereocenters. The van der Waals surface area contributed by atoms with Gasteiger partial charge in [0.25, 0.3) is 5.17 Å². The highest BCUT2D eigenvalue weighted by molar-refractivity contribution is 7.80. The number of benzene rings is 1. The van der Waals surface area contributed by atoms with Crippen LogP contribution in [0.5, 0.6) is 0 Å². The first-order chi connectivity index (χ1) is 6.24. The third kappa shape index (κ3) is 3.01. The van der Waals surface area contributed by atoms with E-state index >= 15 is 0 Å². The monoisotopic (exact) mass is 196 g/mol. The fourth-order valence-electron chi connectivity index (χ4n) is 0.987. The predicted molar refractivity (Wildman–Crippen MR) is 55.9 cm³/mol. The summed E-state index contributed by atoms with van der Waals surface area (Å²) >= 11 is 4.77. The Labute approximate surface area is 82.9 Å². The second-order valence-corrected chi connectivity index (χ2v) is 2.97. The number of nitrogens with one attached hydrogen (secondary N) is 1. The van der Waals surface area contributed by atoms with Crippen LogP contribution in [0.1, 0.15) is 18.6 Å². The van der Waals surface area contributed by atoms with Crippen molar-refractivity contribution in [2.45, 2.75) is 13.0 Å². The van der Waals surface area contributed by atoms with Crippen LogP contribution >= 0.6 is 12.2 Å². The molecule has 0 aliphatic heterocycles. The summed E-state index contributed by atoms with van der Waals surface area (Å²) in [6.07, 6.45) is -0.0789. The first kappa shape index (κ1) is 9.95. The van der Waals surface area contributed by atoms with Crippen LogP contribution < -0.4 is 11.3 Å². The zero-order valence-corrected chi connectivity index (χ0v) is 8.17. The average Bonchev–Trinajstić information content (AvgIpc) is 2.19. The number of hydrazine groups is 1. The van der Waals surface area contributed by atoms with Gasteiger partial charge in [-0.25, -0.2) is 5.84 Å². The second-order valence-electron chi connectivity index (χ2n) is 2.60. The minimum absolute atomic E-state index is 0.0789. The van der Waals surface area contributed by atoms with E-state index in [0.29, 0.717) is 0 Å². The Bertz CT molecular complexity index is 276. The van der Waals surface area contributed by atoms with E-state index in [2.05, 4.69) is 5.43 Å². The normalized spacial score (nSPS) is 11.8. The van der Waals surface area contributed by atoms with Crippen LogP contribution in [-0.2, 0) is 4.74 Å². The molecule has 0 fully saturated rings. The Balaban J connectivity index is 2.59. The maximum Gasteiger partial charge on any atom is 0.271 e. The number of rotatable bonds is 2. The van der Waals surface area contributed by atoms with Crippen molar-refractivity contribution in [3.8, 4) is 0 Å². The van der Waals surface area contributed by atoms with Gasteiger partial charge < -0.3 is 4.74 Å². The van der Waals surface area contributed by atoms with Gasteiger partial charge in [0.2, 0.25) is 0 Å². The molecule has 3 nitrogen and oxygen atoms in total. The highest BCUT2D eigenvalue weighted by Gasteiger charge is 2.06. The van der Waals surface area contributed by atoms with Gasteiger partial charge in [0.15, 0.2) is 0 Å². The largest absolute Gasteiger partial charge is 0.462 e. The summed E-state index contributed by atoms with van der Waals surface area (Å²) in [6, 6.07) is 9.81. The van der Waals surface area contributed by atoms with E-state index in [1.807, 2.05) is 37.3 Å². The summed E-state index contributed by atoms with van der Waals surface area (Å²) in [5, 5.41) is 0.205. The summed E-state index contributed by atoms with van der Waals surface area (Å²) in [4.78, 5) is 0. The van der Waals surface area contributed by atoms with E-state index in [-0.39, 0.29) is 11.3 Å². The zero-order chi connectivity index (χ0) is 9.68. The van der Waals surface area contributed by atoms with Gasteiger partial charge in [0.05, 0.1) is 0 Å². The lowest BCUT2D eigenvalue weighted by molar-refractivity contribution is 0.209. The fourth-order valence-corrected chi connectivity index (χ4v) is 1.13. The first-order valence-corrected chi connectivity index (χ1v) is 4.37. The molecule has 1 rings (SSSR count). The van der Waals surface area contributed by atoms with Crippen LogP contribution in [0, 0.1) is 0 Å². The van der Waals surface area contributed by atoms with Crippen molar-refractivity contribution in [2.24, 2.45) is 5.84 Å². The summed E-state index contributed by atoms with van der Waals surface area (Å²) in [5.41, 5.74) is 3.34. The van der Waals surface area contributed by atoms with Crippen LogP contribution in [-0.4, -0.2) is 5.17 Å². The molecule has 1 aromatic rings. The molecule has 70 valence electrons. The van der Waals surface area contributed by atoms with Gasteiger partial charge in [0.1, 0.15) is 6.10 Å². The molecule has 13 heavy (non-hydrogen) atoms. The highest BCUT2D eigenvalue weighted by atomic mass is 32.1. The van der Waals surface area contributed by atoms with Gasteiger partial charge in [-0.15, -0.1) is 0 Å². The molecular formula is C9H12N2OS. The molecule has 0 saturated heterocycles. The Kier molecular flexibility index (Phi) is 3.67. The van der Waals surface area contributed by atoms with Crippen molar-refractivity contribution in [3.05, 3.63) is 35.9 Å². The molecule has 0 aliphatic carbocycles. The molecule has 0 bridgehead atoms. The van der Waals surface area contributed by atoms with Gasteiger partial charge >= 0.3 is 0 Å². The van der Waals surface area contributed by atoms with Crippen molar-refractivity contribution in [1.82, 2.24) is 5.43 Å². The van der Waals surface area contributed by atoms with Crippen molar-refractivity contribution in [3.63, 3.8) is 0 Å². The molecule has 1 aromatic carbocycles. The van der Waals surface area contributed by atoms with Crippen LogP contribution in [0.2, 0.25) is 0 Å². The lowest BCUT2D eigenvalue weighted by atomic mass is 10.1. The number of thiocarbonyl (C=S) groups is 1. The van der Waals surface area contributed by atoms with Crippen LogP contribution in [0.15, 0.2) is 30.3 Å². The zero-order valence-electron chi connectivity index (χ0n) is 7.36. The Hall–Kier alpha value is -1.13. The van der Waals surface area contributed by atoms with Crippen LogP contribution in [0.3, 0.4) is 0 Å². The lowest BCUT2D eigenvalue weighted by Gasteiger charge is -2.14. The maximum atomic E-state index is 5.28. The molecule has 0 amide bonds. The standard InChI is InChI=1S/C9H12N2OS/c1-7(12-9(13)11-10)8-5-3-2-4-6-8/h2-7H,10H2,1H3,(H,11,13). The smallest absolute Gasteiger partial charge is 0.271 e. The van der Waals surface area contributed by atoms with Crippen molar-refractivity contribution >= 4 is 17.4 Å². The van der Waals surface area contributed by atoms with E-state index in [4.69, 9.17) is 22.8 Å². The van der Waals surface area contributed by atoms with Crippen molar-refractivity contribution in [1.29, 1.82) is 0 Å². The third-order valence-electron chi connectivity index (χ3n) is 1.67.